The molecule has 3 fully saturated rings. The molecule has 172 valence electrons. The highest BCUT2D eigenvalue weighted by molar-refractivity contribution is 6.10. The minimum Gasteiger partial charge on any atom is -0.375 e. The van der Waals surface area contributed by atoms with Crippen molar-refractivity contribution in [3.05, 3.63) is 29.8 Å². The Morgan fingerprint density at radius 2 is 1.94 bits per heavy atom. The van der Waals surface area contributed by atoms with Gasteiger partial charge in [-0.2, -0.15) is 0 Å². The normalized spacial score (nSPS) is 30.7. The minimum absolute atomic E-state index is 0.0252. The first-order valence-corrected chi connectivity index (χ1v) is 11.8. The van der Waals surface area contributed by atoms with Crippen LogP contribution in [0.25, 0.3) is 0 Å². The molecule has 3 saturated heterocycles. The lowest BCUT2D eigenvalue weighted by Gasteiger charge is -2.37. The summed E-state index contributed by atoms with van der Waals surface area (Å²) in [5.74, 6) is -0.468. The molecule has 8 nitrogen and oxygen atoms in total. The van der Waals surface area contributed by atoms with E-state index in [-0.39, 0.29) is 30.4 Å². The Kier molecular flexibility index (Phi) is 5.67. The van der Waals surface area contributed by atoms with Crippen LogP contribution in [0.5, 0.6) is 0 Å². The summed E-state index contributed by atoms with van der Waals surface area (Å²) in [6.07, 6.45) is 4.19. The van der Waals surface area contributed by atoms with E-state index in [1.54, 1.807) is 4.90 Å². The van der Waals surface area contributed by atoms with Crippen LogP contribution in [0.1, 0.15) is 37.7 Å². The maximum absolute atomic E-state index is 14.2. The number of ether oxygens (including phenoxy) is 1. The number of carbonyl (C=O) groups excluding carboxylic acids is 3. The highest BCUT2D eigenvalue weighted by Gasteiger charge is 2.66. The van der Waals surface area contributed by atoms with Gasteiger partial charge in [-0.1, -0.05) is 18.2 Å². The van der Waals surface area contributed by atoms with Crippen LogP contribution in [0.4, 0.5) is 5.69 Å². The maximum atomic E-state index is 14.2. The van der Waals surface area contributed by atoms with E-state index >= 15 is 0 Å². The van der Waals surface area contributed by atoms with Crippen LogP contribution in [-0.4, -0.2) is 80.0 Å². The van der Waals surface area contributed by atoms with Crippen LogP contribution in [0.15, 0.2) is 24.3 Å². The van der Waals surface area contributed by atoms with E-state index in [1.807, 2.05) is 29.2 Å². The van der Waals surface area contributed by atoms with Gasteiger partial charge in [0.15, 0.2) is 0 Å². The number of carbonyl (C=O) groups is 3. The topological polar surface area (TPSA) is 82.2 Å². The van der Waals surface area contributed by atoms with Crippen molar-refractivity contribution >= 4 is 23.4 Å². The molecule has 1 spiro atoms. The first-order valence-electron chi connectivity index (χ1n) is 11.8. The third kappa shape index (κ3) is 3.15. The Morgan fingerprint density at radius 1 is 1.12 bits per heavy atom. The molecule has 0 aliphatic carbocycles. The Morgan fingerprint density at radius 3 is 2.78 bits per heavy atom. The molecule has 5 rings (SSSR count). The summed E-state index contributed by atoms with van der Waals surface area (Å²) in [5.41, 5.74) is 0.982. The molecule has 0 radical (unpaired) electrons. The van der Waals surface area contributed by atoms with E-state index in [2.05, 4.69) is 10.2 Å². The van der Waals surface area contributed by atoms with Gasteiger partial charge in [-0.15, -0.1) is 0 Å². The van der Waals surface area contributed by atoms with Crippen molar-refractivity contribution in [1.29, 1.82) is 0 Å². The van der Waals surface area contributed by atoms with Crippen molar-refractivity contribution in [2.75, 3.05) is 51.3 Å². The number of nitrogens with one attached hydrogen (secondary N) is 1. The third-order valence-electron chi connectivity index (χ3n) is 7.67. The van der Waals surface area contributed by atoms with Gasteiger partial charge < -0.3 is 19.9 Å². The van der Waals surface area contributed by atoms with E-state index in [1.165, 1.54) is 7.11 Å². The number of para-hydroxylation sites is 1. The van der Waals surface area contributed by atoms with Crippen LogP contribution in [0, 0.1) is 5.92 Å². The van der Waals surface area contributed by atoms with Crippen molar-refractivity contribution in [2.45, 2.75) is 43.7 Å². The fraction of sp³-hybridized carbons (Fsp3) is 0.625. The smallest absolute Gasteiger partial charge is 0.253 e. The zero-order chi connectivity index (χ0) is 22.3. The second-order valence-corrected chi connectivity index (χ2v) is 9.33. The molecule has 0 saturated carbocycles. The number of benzene rings is 1. The highest BCUT2D eigenvalue weighted by Crippen LogP contribution is 2.57. The number of fused-ring (bicyclic) bond motifs is 4. The van der Waals surface area contributed by atoms with Gasteiger partial charge in [-0.3, -0.25) is 19.3 Å². The summed E-state index contributed by atoms with van der Waals surface area (Å²) < 4.78 is 5.04. The summed E-state index contributed by atoms with van der Waals surface area (Å²) in [4.78, 5) is 46.1. The monoisotopic (exact) mass is 440 g/mol. The molecule has 0 aromatic heterocycles. The SMILES string of the molecule is COCC(=O)N1CCCNC(=O)[C@@H]2C[C@@H]3CCCN3[C@@]23C(=O)N(CCC1)c1ccccc13. The van der Waals surface area contributed by atoms with Crippen LogP contribution in [0.3, 0.4) is 0 Å². The quantitative estimate of drug-likeness (QED) is 0.745. The Bertz CT molecular complexity index is 921. The first kappa shape index (κ1) is 21.4. The van der Waals surface area contributed by atoms with E-state index in [9.17, 15) is 14.4 Å². The van der Waals surface area contributed by atoms with Crippen LogP contribution in [0.2, 0.25) is 0 Å². The maximum Gasteiger partial charge on any atom is 0.253 e. The molecule has 1 N–H and O–H groups in total. The summed E-state index contributed by atoms with van der Waals surface area (Å²) in [5, 5.41) is 3.10. The van der Waals surface area contributed by atoms with E-state index < -0.39 is 11.5 Å². The standard InChI is InChI=1S/C24H32N4O4/c1-32-16-21(29)26-11-5-10-25-22(30)19-15-17-7-4-14-28(17)24(19)18-8-2-3-9-20(18)27(23(24)31)13-6-12-26/h2-3,8-9,17,19H,4-7,10-16H2,1H3,(H,25,30)/t17-,19-,24+/m0/s1. The lowest BCUT2D eigenvalue weighted by atomic mass is 9.78. The number of nitrogens with zero attached hydrogens (tertiary/aromatic N) is 3. The van der Waals surface area contributed by atoms with Gasteiger partial charge in [0.2, 0.25) is 11.8 Å². The molecular weight excluding hydrogens is 408 g/mol. The van der Waals surface area contributed by atoms with Gasteiger partial charge in [0, 0.05) is 50.6 Å². The first-order chi connectivity index (χ1) is 15.6. The average Bonchev–Trinajstić information content (AvgIpc) is 3.44. The van der Waals surface area contributed by atoms with Crippen molar-refractivity contribution in [3.63, 3.8) is 0 Å². The molecule has 4 aliphatic heterocycles. The van der Waals surface area contributed by atoms with Crippen molar-refractivity contribution in [1.82, 2.24) is 15.1 Å². The Hall–Kier alpha value is -2.45. The number of rotatable bonds is 2. The van der Waals surface area contributed by atoms with E-state index in [4.69, 9.17) is 4.74 Å². The molecule has 4 heterocycles. The van der Waals surface area contributed by atoms with E-state index in [0.29, 0.717) is 39.0 Å². The molecule has 3 atom stereocenters. The number of hydrogen-bond donors (Lipinski definition) is 1. The molecule has 2 bridgehead atoms. The number of hydrogen-bond acceptors (Lipinski definition) is 5. The minimum atomic E-state index is -0.901. The predicted molar refractivity (Wildman–Crippen MR) is 119 cm³/mol. The molecule has 0 unspecified atom stereocenters. The van der Waals surface area contributed by atoms with Gasteiger partial charge in [0.1, 0.15) is 12.1 Å². The Balaban J connectivity index is 1.53. The second kappa shape index (κ2) is 8.48. The fourth-order valence-electron chi connectivity index (χ4n) is 6.38. The summed E-state index contributed by atoms with van der Waals surface area (Å²) in [6, 6.07) is 8.25. The molecule has 32 heavy (non-hydrogen) atoms. The molecule has 1 aromatic rings. The summed E-state index contributed by atoms with van der Waals surface area (Å²) in [6.45, 7) is 3.04. The number of methoxy groups -OCH3 is 1. The van der Waals surface area contributed by atoms with E-state index in [0.717, 1.165) is 37.1 Å². The molecule has 1 aromatic carbocycles. The zero-order valence-corrected chi connectivity index (χ0v) is 18.7. The van der Waals surface area contributed by atoms with Gasteiger partial charge in [-0.05, 0) is 44.7 Å². The zero-order valence-electron chi connectivity index (χ0n) is 18.7. The molecule has 3 amide bonds. The van der Waals surface area contributed by atoms with Crippen LogP contribution < -0.4 is 10.2 Å². The van der Waals surface area contributed by atoms with Crippen molar-refractivity contribution < 1.29 is 19.1 Å². The average molecular weight is 441 g/mol. The fourth-order valence-corrected chi connectivity index (χ4v) is 6.38. The third-order valence-corrected chi connectivity index (χ3v) is 7.67. The van der Waals surface area contributed by atoms with Crippen LogP contribution in [-0.2, 0) is 24.7 Å². The molecule has 8 heteroatoms. The lowest BCUT2D eigenvalue weighted by Crippen LogP contribution is -2.56. The molecule has 4 aliphatic rings. The van der Waals surface area contributed by atoms with Gasteiger partial charge in [-0.25, -0.2) is 0 Å². The van der Waals surface area contributed by atoms with Gasteiger partial charge in [0.25, 0.3) is 5.91 Å². The highest BCUT2D eigenvalue weighted by atomic mass is 16.5. The van der Waals surface area contributed by atoms with Gasteiger partial charge in [0.05, 0.1) is 5.92 Å². The lowest BCUT2D eigenvalue weighted by molar-refractivity contribution is -0.138. The van der Waals surface area contributed by atoms with Gasteiger partial charge >= 0.3 is 0 Å². The predicted octanol–water partition coefficient (Wildman–Crippen LogP) is 1.10. The number of amides is 3. The summed E-state index contributed by atoms with van der Waals surface area (Å²) in [7, 11) is 1.52. The molecular formula is C24H32N4O4. The summed E-state index contributed by atoms with van der Waals surface area (Å²) >= 11 is 0. The van der Waals surface area contributed by atoms with Crippen molar-refractivity contribution in [2.24, 2.45) is 5.92 Å². The Labute approximate surface area is 188 Å². The van der Waals surface area contributed by atoms with Crippen LogP contribution >= 0.6 is 0 Å². The largest absolute Gasteiger partial charge is 0.375 e. The number of anilines is 1. The second-order valence-electron chi connectivity index (χ2n) is 9.33. The van der Waals surface area contributed by atoms with Crippen molar-refractivity contribution in [3.8, 4) is 0 Å².